The minimum absolute atomic E-state index is 0.196. The van der Waals surface area contributed by atoms with Crippen LogP contribution in [0.2, 0.25) is 0 Å². The number of halogens is 2. The van der Waals surface area contributed by atoms with Gasteiger partial charge in [-0.1, -0.05) is 18.2 Å². The summed E-state index contributed by atoms with van der Waals surface area (Å²) in [6, 6.07) is 10.4. The number of rotatable bonds is 5. The second-order valence-electron chi connectivity index (χ2n) is 4.75. The molecule has 0 bridgehead atoms. The lowest BCUT2D eigenvalue weighted by atomic mass is 10.1. The summed E-state index contributed by atoms with van der Waals surface area (Å²) in [7, 11) is 0. The number of aryl methyl sites for hydroxylation is 1. The van der Waals surface area contributed by atoms with Crippen LogP contribution in [-0.4, -0.2) is 11.7 Å². The molecule has 0 aliphatic rings. The van der Waals surface area contributed by atoms with Crippen molar-refractivity contribution in [3.63, 3.8) is 0 Å². The molecular formula is C16H17BrFNO. The summed E-state index contributed by atoms with van der Waals surface area (Å²) >= 11 is 3.29. The monoisotopic (exact) mass is 337 g/mol. The Bertz CT molecular complexity index is 601. The predicted octanol–water partition coefficient (Wildman–Crippen LogP) is 3.93. The lowest BCUT2D eigenvalue weighted by Crippen LogP contribution is -2.17. The van der Waals surface area contributed by atoms with Crippen LogP contribution in [0.5, 0.6) is 5.75 Å². The molecule has 2 rings (SSSR count). The fourth-order valence-corrected chi connectivity index (χ4v) is 2.50. The molecule has 0 heterocycles. The summed E-state index contributed by atoms with van der Waals surface area (Å²) in [5.41, 5.74) is 2.96. The van der Waals surface area contributed by atoms with E-state index in [1.807, 2.05) is 25.1 Å². The minimum Gasteiger partial charge on any atom is -0.506 e. The van der Waals surface area contributed by atoms with Gasteiger partial charge in [0.1, 0.15) is 11.6 Å². The van der Waals surface area contributed by atoms with E-state index in [-0.39, 0.29) is 11.6 Å². The lowest BCUT2D eigenvalue weighted by molar-refractivity contribution is 0.461. The molecule has 4 heteroatoms. The third kappa shape index (κ3) is 3.81. The maximum atomic E-state index is 13.0. The average molecular weight is 338 g/mol. The summed E-state index contributed by atoms with van der Waals surface area (Å²) in [5, 5.41) is 13.1. The van der Waals surface area contributed by atoms with Crippen molar-refractivity contribution in [3.8, 4) is 5.75 Å². The Labute approximate surface area is 126 Å². The highest BCUT2D eigenvalue weighted by Crippen LogP contribution is 2.27. The molecule has 0 aliphatic carbocycles. The van der Waals surface area contributed by atoms with Crippen LogP contribution in [0.15, 0.2) is 40.9 Å². The minimum atomic E-state index is -0.196. The Hall–Kier alpha value is -1.39. The smallest absolute Gasteiger partial charge is 0.134 e. The lowest BCUT2D eigenvalue weighted by Gasteiger charge is -2.09. The molecule has 2 aromatic carbocycles. The van der Waals surface area contributed by atoms with Gasteiger partial charge in [-0.15, -0.1) is 0 Å². The fourth-order valence-electron chi connectivity index (χ4n) is 2.09. The molecule has 0 spiro atoms. The molecule has 106 valence electrons. The summed E-state index contributed by atoms with van der Waals surface area (Å²) in [6.45, 7) is 3.29. The number of nitrogens with one attached hydrogen (secondary N) is 1. The SMILES string of the molecule is Cc1cc(F)ccc1CCNCc1cccc(Br)c1O. The first-order valence-electron chi connectivity index (χ1n) is 6.50. The highest BCUT2D eigenvalue weighted by Gasteiger charge is 2.04. The predicted molar refractivity (Wildman–Crippen MR) is 82.4 cm³/mol. The molecular weight excluding hydrogens is 321 g/mol. The Kier molecular flexibility index (Phi) is 5.15. The largest absolute Gasteiger partial charge is 0.506 e. The third-order valence-electron chi connectivity index (χ3n) is 3.26. The van der Waals surface area contributed by atoms with Crippen LogP contribution < -0.4 is 5.32 Å². The van der Waals surface area contributed by atoms with Crippen molar-refractivity contribution in [2.75, 3.05) is 6.54 Å². The topological polar surface area (TPSA) is 32.3 Å². The van der Waals surface area contributed by atoms with Gasteiger partial charge in [0.2, 0.25) is 0 Å². The van der Waals surface area contributed by atoms with Crippen LogP contribution in [0.3, 0.4) is 0 Å². The third-order valence-corrected chi connectivity index (χ3v) is 3.90. The number of hydrogen-bond donors (Lipinski definition) is 2. The summed E-state index contributed by atoms with van der Waals surface area (Å²) in [5.74, 6) is 0.0798. The van der Waals surface area contributed by atoms with E-state index >= 15 is 0 Å². The van der Waals surface area contributed by atoms with Crippen LogP contribution in [0.4, 0.5) is 4.39 Å². The van der Waals surface area contributed by atoms with Gasteiger partial charge in [-0.3, -0.25) is 0 Å². The standard InChI is InChI=1S/C16H17BrFNO/c1-11-9-14(18)6-5-12(11)7-8-19-10-13-3-2-4-15(17)16(13)20/h2-6,9,19-20H,7-8,10H2,1H3. The van der Waals surface area contributed by atoms with E-state index in [2.05, 4.69) is 21.2 Å². The molecule has 0 aliphatic heterocycles. The molecule has 2 N–H and O–H groups in total. The molecule has 0 unspecified atom stereocenters. The van der Waals surface area contributed by atoms with Gasteiger partial charge in [-0.2, -0.15) is 0 Å². The van der Waals surface area contributed by atoms with E-state index in [1.165, 1.54) is 6.07 Å². The molecule has 0 radical (unpaired) electrons. The van der Waals surface area contributed by atoms with Crippen molar-refractivity contribution in [1.29, 1.82) is 0 Å². The van der Waals surface area contributed by atoms with Crippen LogP contribution in [-0.2, 0) is 13.0 Å². The molecule has 0 saturated carbocycles. The fraction of sp³-hybridized carbons (Fsp3) is 0.250. The van der Waals surface area contributed by atoms with E-state index < -0.39 is 0 Å². The van der Waals surface area contributed by atoms with E-state index in [1.54, 1.807) is 12.1 Å². The number of hydrogen-bond acceptors (Lipinski definition) is 2. The first-order valence-corrected chi connectivity index (χ1v) is 7.29. The van der Waals surface area contributed by atoms with Gasteiger partial charge in [0.15, 0.2) is 0 Å². The van der Waals surface area contributed by atoms with Gasteiger partial charge < -0.3 is 10.4 Å². The second kappa shape index (κ2) is 6.86. The summed E-state index contributed by atoms with van der Waals surface area (Å²) in [6.07, 6.45) is 0.834. The summed E-state index contributed by atoms with van der Waals surface area (Å²) < 4.78 is 13.7. The average Bonchev–Trinajstić information content (AvgIpc) is 2.41. The van der Waals surface area contributed by atoms with Gasteiger partial charge in [0, 0.05) is 12.1 Å². The maximum Gasteiger partial charge on any atom is 0.134 e. The van der Waals surface area contributed by atoms with Crippen LogP contribution >= 0.6 is 15.9 Å². The van der Waals surface area contributed by atoms with Crippen LogP contribution in [0.25, 0.3) is 0 Å². The van der Waals surface area contributed by atoms with Gasteiger partial charge in [0.05, 0.1) is 4.47 Å². The number of phenolic OH excluding ortho intramolecular Hbond substituents is 1. The van der Waals surface area contributed by atoms with Gasteiger partial charge >= 0.3 is 0 Å². The molecule has 2 aromatic rings. The van der Waals surface area contributed by atoms with E-state index in [0.717, 1.165) is 29.7 Å². The number of aromatic hydroxyl groups is 1. The zero-order chi connectivity index (χ0) is 14.5. The van der Waals surface area contributed by atoms with Crippen molar-refractivity contribution in [2.24, 2.45) is 0 Å². The molecule has 0 amide bonds. The highest BCUT2D eigenvalue weighted by atomic mass is 79.9. The molecule has 0 saturated heterocycles. The van der Waals surface area contributed by atoms with E-state index in [9.17, 15) is 9.50 Å². The van der Waals surface area contributed by atoms with Gasteiger partial charge in [-0.05, 0) is 65.1 Å². The van der Waals surface area contributed by atoms with Gasteiger partial charge in [0.25, 0.3) is 0 Å². The number of benzene rings is 2. The quantitative estimate of drug-likeness (QED) is 0.810. The molecule has 2 nitrogen and oxygen atoms in total. The van der Waals surface area contributed by atoms with Crippen molar-refractivity contribution < 1.29 is 9.50 Å². The molecule has 0 fully saturated rings. The van der Waals surface area contributed by atoms with Crippen molar-refractivity contribution in [3.05, 3.63) is 63.4 Å². The van der Waals surface area contributed by atoms with Crippen molar-refractivity contribution in [1.82, 2.24) is 5.32 Å². The van der Waals surface area contributed by atoms with E-state index in [0.29, 0.717) is 11.0 Å². The highest BCUT2D eigenvalue weighted by molar-refractivity contribution is 9.10. The first-order chi connectivity index (χ1) is 9.58. The maximum absolute atomic E-state index is 13.0. The van der Waals surface area contributed by atoms with E-state index in [4.69, 9.17) is 0 Å². The zero-order valence-electron chi connectivity index (χ0n) is 11.3. The Morgan fingerprint density at radius 1 is 1.20 bits per heavy atom. The van der Waals surface area contributed by atoms with Crippen LogP contribution in [0.1, 0.15) is 16.7 Å². The van der Waals surface area contributed by atoms with Crippen molar-refractivity contribution in [2.45, 2.75) is 19.9 Å². The van der Waals surface area contributed by atoms with Gasteiger partial charge in [-0.25, -0.2) is 4.39 Å². The summed E-state index contributed by atoms with van der Waals surface area (Å²) in [4.78, 5) is 0. The number of phenols is 1. The Morgan fingerprint density at radius 3 is 2.75 bits per heavy atom. The number of para-hydroxylation sites is 1. The second-order valence-corrected chi connectivity index (χ2v) is 5.60. The van der Waals surface area contributed by atoms with Crippen LogP contribution in [0, 0.1) is 12.7 Å². The molecule has 0 atom stereocenters. The Balaban J connectivity index is 1.86. The normalized spacial score (nSPS) is 10.8. The first kappa shape index (κ1) is 15.0. The molecule has 20 heavy (non-hydrogen) atoms. The van der Waals surface area contributed by atoms with Crippen molar-refractivity contribution >= 4 is 15.9 Å². The zero-order valence-corrected chi connectivity index (χ0v) is 12.9. The molecule has 0 aromatic heterocycles. The Morgan fingerprint density at radius 2 is 2.00 bits per heavy atom.